The molecule has 2 aromatic carbocycles. The lowest BCUT2D eigenvalue weighted by Gasteiger charge is -2.09. The van der Waals surface area contributed by atoms with Crippen LogP contribution in [0.4, 0.5) is 0 Å². The number of nitrogens with zero attached hydrogens (tertiary/aromatic N) is 4. The molecule has 9 heteroatoms. The molecule has 0 saturated carbocycles. The van der Waals surface area contributed by atoms with Gasteiger partial charge in [0.1, 0.15) is 0 Å². The monoisotopic (exact) mass is 377 g/mol. The average Bonchev–Trinajstić information content (AvgIpc) is 3.05. The van der Waals surface area contributed by atoms with E-state index < -0.39 is 10.0 Å². The Morgan fingerprint density at radius 3 is 2.48 bits per heavy atom. The van der Waals surface area contributed by atoms with Crippen LogP contribution in [0.5, 0.6) is 0 Å². The van der Waals surface area contributed by atoms with Crippen molar-refractivity contribution in [3.8, 4) is 5.69 Å². The van der Waals surface area contributed by atoms with Crippen molar-refractivity contribution in [2.24, 2.45) is 0 Å². The molecule has 0 atom stereocenters. The zero-order valence-electron chi connectivity index (χ0n) is 13.6. The lowest BCUT2D eigenvalue weighted by atomic mass is 10.1. The van der Waals surface area contributed by atoms with Crippen LogP contribution in [0.25, 0.3) is 5.69 Å². The summed E-state index contributed by atoms with van der Waals surface area (Å²) in [5.74, 6) is 0.390. The molecular formula is C16H16ClN5O2S. The lowest BCUT2D eigenvalue weighted by Crippen LogP contribution is -2.25. The Labute approximate surface area is 150 Å². The van der Waals surface area contributed by atoms with Gasteiger partial charge >= 0.3 is 0 Å². The minimum absolute atomic E-state index is 0.0368. The van der Waals surface area contributed by atoms with Crippen LogP contribution < -0.4 is 4.72 Å². The highest BCUT2D eigenvalue weighted by molar-refractivity contribution is 7.89. The first-order valence-electron chi connectivity index (χ1n) is 7.47. The number of hydrogen-bond acceptors (Lipinski definition) is 5. The van der Waals surface area contributed by atoms with Crippen molar-refractivity contribution in [2.45, 2.75) is 25.3 Å². The summed E-state index contributed by atoms with van der Waals surface area (Å²) in [7, 11) is -3.68. The van der Waals surface area contributed by atoms with Gasteiger partial charge in [-0.25, -0.2) is 13.1 Å². The quantitative estimate of drug-likeness (QED) is 0.737. The first-order chi connectivity index (χ1) is 11.9. The van der Waals surface area contributed by atoms with Crippen LogP contribution in [-0.2, 0) is 16.6 Å². The van der Waals surface area contributed by atoms with Crippen molar-refractivity contribution in [3.05, 3.63) is 64.4 Å². The largest absolute Gasteiger partial charge is 0.240 e. The van der Waals surface area contributed by atoms with E-state index in [0.717, 1.165) is 16.8 Å². The van der Waals surface area contributed by atoms with E-state index in [1.165, 1.54) is 28.9 Å². The Morgan fingerprint density at radius 1 is 1.08 bits per heavy atom. The van der Waals surface area contributed by atoms with E-state index in [1.807, 2.05) is 32.0 Å². The van der Waals surface area contributed by atoms with Gasteiger partial charge in [0.15, 0.2) is 5.82 Å². The number of hydrogen-bond donors (Lipinski definition) is 1. The van der Waals surface area contributed by atoms with E-state index in [4.69, 9.17) is 11.6 Å². The lowest BCUT2D eigenvalue weighted by molar-refractivity contribution is 0.578. The Kier molecular flexibility index (Phi) is 4.85. The second kappa shape index (κ2) is 6.91. The van der Waals surface area contributed by atoms with Crippen molar-refractivity contribution >= 4 is 21.6 Å². The van der Waals surface area contributed by atoms with Gasteiger partial charge < -0.3 is 0 Å². The predicted molar refractivity (Wildman–Crippen MR) is 94.1 cm³/mol. The first-order valence-corrected chi connectivity index (χ1v) is 9.33. The first kappa shape index (κ1) is 17.5. The molecule has 1 aromatic heterocycles. The molecule has 0 saturated heterocycles. The summed E-state index contributed by atoms with van der Waals surface area (Å²) in [5.41, 5.74) is 3.02. The zero-order valence-corrected chi connectivity index (χ0v) is 15.2. The van der Waals surface area contributed by atoms with Crippen LogP contribution in [0.1, 0.15) is 17.0 Å². The van der Waals surface area contributed by atoms with E-state index in [0.29, 0.717) is 10.8 Å². The topological polar surface area (TPSA) is 89.8 Å². The molecule has 0 unspecified atom stereocenters. The molecule has 130 valence electrons. The van der Waals surface area contributed by atoms with Crippen molar-refractivity contribution in [1.82, 2.24) is 24.9 Å². The molecule has 0 bridgehead atoms. The fourth-order valence-corrected chi connectivity index (χ4v) is 3.34. The second-order valence-corrected chi connectivity index (χ2v) is 7.76. The minimum atomic E-state index is -3.68. The van der Waals surface area contributed by atoms with Gasteiger partial charge in [0.05, 0.1) is 17.1 Å². The average molecular weight is 378 g/mol. The van der Waals surface area contributed by atoms with Gasteiger partial charge in [0.2, 0.25) is 10.0 Å². The van der Waals surface area contributed by atoms with E-state index in [9.17, 15) is 8.42 Å². The number of nitrogens with one attached hydrogen (secondary N) is 1. The molecule has 3 aromatic rings. The molecule has 1 heterocycles. The summed E-state index contributed by atoms with van der Waals surface area (Å²) >= 11 is 5.79. The third-order valence-electron chi connectivity index (χ3n) is 3.81. The number of halogens is 1. The normalized spacial score (nSPS) is 11.6. The third-order valence-corrected chi connectivity index (χ3v) is 5.48. The number of tetrazole rings is 1. The Bertz CT molecular complexity index is 1000. The standard InChI is InChI=1S/C16H16ClN5O2S/c1-11-3-6-14(9-12(11)2)22-16(19-20-21-22)10-18-25(23,24)15-7-4-13(17)5-8-15/h3-9,18H,10H2,1-2H3. The molecular weight excluding hydrogens is 362 g/mol. The van der Waals surface area contributed by atoms with Gasteiger partial charge in [-0.05, 0) is 71.8 Å². The summed E-state index contributed by atoms with van der Waals surface area (Å²) in [5, 5.41) is 12.0. The smallest absolute Gasteiger partial charge is 0.207 e. The molecule has 0 aliphatic carbocycles. The van der Waals surface area contributed by atoms with E-state index in [-0.39, 0.29) is 11.4 Å². The molecule has 0 aliphatic heterocycles. The molecule has 1 N–H and O–H groups in total. The fourth-order valence-electron chi connectivity index (χ4n) is 2.23. The summed E-state index contributed by atoms with van der Waals surface area (Å²) in [6, 6.07) is 11.7. The van der Waals surface area contributed by atoms with Crippen LogP contribution in [0, 0.1) is 13.8 Å². The van der Waals surface area contributed by atoms with E-state index >= 15 is 0 Å². The molecule has 0 radical (unpaired) electrons. The third kappa shape index (κ3) is 3.87. The van der Waals surface area contributed by atoms with Gasteiger partial charge in [-0.2, -0.15) is 4.68 Å². The highest BCUT2D eigenvalue weighted by Crippen LogP contribution is 2.16. The van der Waals surface area contributed by atoms with Crippen molar-refractivity contribution < 1.29 is 8.42 Å². The number of sulfonamides is 1. The van der Waals surface area contributed by atoms with Crippen LogP contribution in [0.2, 0.25) is 5.02 Å². The fraction of sp³-hybridized carbons (Fsp3) is 0.188. The number of aromatic nitrogens is 4. The summed E-state index contributed by atoms with van der Waals surface area (Å²) in [6.07, 6.45) is 0. The maximum absolute atomic E-state index is 12.4. The molecule has 0 spiro atoms. The SMILES string of the molecule is Cc1ccc(-n2nnnc2CNS(=O)(=O)c2ccc(Cl)cc2)cc1C. The van der Waals surface area contributed by atoms with Crippen molar-refractivity contribution in [3.63, 3.8) is 0 Å². The summed E-state index contributed by atoms with van der Waals surface area (Å²) in [6.45, 7) is 3.97. The Hall–Kier alpha value is -2.29. The highest BCUT2D eigenvalue weighted by atomic mass is 35.5. The van der Waals surface area contributed by atoms with Crippen LogP contribution >= 0.6 is 11.6 Å². The van der Waals surface area contributed by atoms with Crippen molar-refractivity contribution in [2.75, 3.05) is 0 Å². The molecule has 0 fully saturated rings. The maximum Gasteiger partial charge on any atom is 0.240 e. The maximum atomic E-state index is 12.4. The van der Waals surface area contributed by atoms with Gasteiger partial charge in [-0.15, -0.1) is 5.10 Å². The molecule has 0 amide bonds. The summed E-state index contributed by atoms with van der Waals surface area (Å²) < 4.78 is 28.7. The Morgan fingerprint density at radius 2 is 1.80 bits per heavy atom. The Balaban J connectivity index is 1.82. The number of aryl methyl sites for hydroxylation is 2. The molecule has 7 nitrogen and oxygen atoms in total. The molecule has 25 heavy (non-hydrogen) atoms. The highest BCUT2D eigenvalue weighted by Gasteiger charge is 2.16. The second-order valence-electron chi connectivity index (χ2n) is 5.55. The van der Waals surface area contributed by atoms with Gasteiger partial charge in [-0.3, -0.25) is 0 Å². The van der Waals surface area contributed by atoms with Gasteiger partial charge in [-0.1, -0.05) is 17.7 Å². The number of benzene rings is 2. The van der Waals surface area contributed by atoms with E-state index in [2.05, 4.69) is 20.2 Å². The molecule has 0 aliphatic rings. The van der Waals surface area contributed by atoms with Crippen LogP contribution in [-0.4, -0.2) is 28.6 Å². The minimum Gasteiger partial charge on any atom is -0.207 e. The zero-order chi connectivity index (χ0) is 18.0. The van der Waals surface area contributed by atoms with Gasteiger partial charge in [0, 0.05) is 5.02 Å². The number of rotatable bonds is 5. The van der Waals surface area contributed by atoms with Crippen LogP contribution in [0.3, 0.4) is 0 Å². The van der Waals surface area contributed by atoms with Crippen LogP contribution in [0.15, 0.2) is 47.4 Å². The van der Waals surface area contributed by atoms with Gasteiger partial charge in [0.25, 0.3) is 0 Å². The van der Waals surface area contributed by atoms with E-state index in [1.54, 1.807) is 0 Å². The van der Waals surface area contributed by atoms with Crippen molar-refractivity contribution in [1.29, 1.82) is 0 Å². The summed E-state index contributed by atoms with van der Waals surface area (Å²) in [4.78, 5) is 0.127. The predicted octanol–water partition coefficient (Wildman–Crippen LogP) is 2.41. The molecule has 3 rings (SSSR count).